The number of amides is 1. The number of anilines is 1. The third-order valence-corrected chi connectivity index (χ3v) is 6.85. The smallest absolute Gasteiger partial charge is 0.338 e. The minimum atomic E-state index is -3.49. The topological polar surface area (TPSA) is 229 Å². The third kappa shape index (κ3) is 6.59. The first kappa shape index (κ1) is 29.8. The number of phenols is 3. The van der Waals surface area contributed by atoms with Crippen molar-refractivity contribution in [2.45, 2.75) is 12.1 Å². The van der Waals surface area contributed by atoms with E-state index in [2.05, 4.69) is 15.4 Å². The van der Waals surface area contributed by atoms with Gasteiger partial charge >= 0.3 is 11.9 Å². The quantitative estimate of drug-likeness (QED) is 0.135. The Kier molecular flexibility index (Phi) is 8.35. The lowest BCUT2D eigenvalue weighted by Crippen LogP contribution is -2.44. The first-order chi connectivity index (χ1) is 19.7. The van der Waals surface area contributed by atoms with Crippen molar-refractivity contribution >= 4 is 39.3 Å². The highest BCUT2D eigenvalue weighted by Crippen LogP contribution is 2.35. The number of rotatable bonds is 9. The molecule has 0 aliphatic carbocycles. The second-order valence-electron chi connectivity index (χ2n) is 9.36. The monoisotopic (exact) mass is 599 g/mol. The van der Waals surface area contributed by atoms with E-state index in [4.69, 9.17) is 4.74 Å². The molecule has 3 aromatic rings. The first-order valence-corrected chi connectivity index (χ1v) is 14.1. The number of aromatic carboxylic acids is 1. The molecule has 1 aliphatic rings. The summed E-state index contributed by atoms with van der Waals surface area (Å²) in [6.07, 6.45) is 0.129. The number of carboxylic acid groups (broad SMARTS) is 1. The molecule has 7 N–H and O–H groups in total. The number of hydrogen-bond acceptors (Lipinski definition) is 11. The number of sulfonamides is 1. The van der Waals surface area contributed by atoms with Gasteiger partial charge in [0.15, 0.2) is 0 Å². The number of ether oxygens (including phenoxy) is 1. The van der Waals surface area contributed by atoms with Crippen molar-refractivity contribution in [1.82, 2.24) is 10.6 Å². The molecule has 0 spiro atoms. The zero-order valence-corrected chi connectivity index (χ0v) is 22.6. The SMILES string of the molecule is CS(=O)(=O)Nc1ccc(C(=O)N[C@H]2CNC[C@@H]2OC(=O)c2cc(O)c(C(=O)c3c(O)cccc3C(=O)O)c(O)c2)cc1. The van der Waals surface area contributed by atoms with Crippen LogP contribution < -0.4 is 15.4 Å². The van der Waals surface area contributed by atoms with Crippen molar-refractivity contribution < 1.29 is 52.8 Å². The van der Waals surface area contributed by atoms with Gasteiger partial charge in [0.05, 0.1) is 29.0 Å². The van der Waals surface area contributed by atoms with E-state index in [9.17, 15) is 48.0 Å². The molecular formula is C27H25N3O11S. The number of benzene rings is 3. The summed E-state index contributed by atoms with van der Waals surface area (Å²) in [5, 5.41) is 46.1. The molecule has 0 aromatic heterocycles. The van der Waals surface area contributed by atoms with Crippen LogP contribution in [0, 0.1) is 0 Å². The van der Waals surface area contributed by atoms with Crippen LogP contribution in [0.5, 0.6) is 17.2 Å². The number of phenolic OH excluding ortho intramolecular Hbond substituents is 3. The normalized spacial score (nSPS) is 16.4. The number of nitrogens with one attached hydrogen (secondary N) is 3. The van der Waals surface area contributed by atoms with E-state index in [1.54, 1.807) is 0 Å². The summed E-state index contributed by atoms with van der Waals surface area (Å²) in [7, 11) is -3.49. The van der Waals surface area contributed by atoms with Crippen molar-refractivity contribution in [2.24, 2.45) is 0 Å². The van der Waals surface area contributed by atoms with E-state index in [0.29, 0.717) is 0 Å². The fraction of sp³-hybridized carbons (Fsp3) is 0.185. The minimum Gasteiger partial charge on any atom is -0.507 e. The van der Waals surface area contributed by atoms with Crippen molar-refractivity contribution in [2.75, 3.05) is 24.1 Å². The molecule has 1 aliphatic heterocycles. The van der Waals surface area contributed by atoms with Gasteiger partial charge in [-0.25, -0.2) is 18.0 Å². The van der Waals surface area contributed by atoms with Crippen LogP contribution in [0.4, 0.5) is 5.69 Å². The van der Waals surface area contributed by atoms with Gasteiger partial charge in [0.2, 0.25) is 15.8 Å². The molecule has 3 aromatic carbocycles. The Bertz CT molecular complexity index is 1660. The first-order valence-electron chi connectivity index (χ1n) is 12.2. The van der Waals surface area contributed by atoms with E-state index in [-0.39, 0.29) is 29.9 Å². The maximum absolute atomic E-state index is 13.0. The summed E-state index contributed by atoms with van der Waals surface area (Å²) in [6.45, 7) is 0.404. The van der Waals surface area contributed by atoms with E-state index in [0.717, 1.165) is 30.5 Å². The lowest BCUT2D eigenvalue weighted by molar-refractivity contribution is 0.0282. The Labute approximate surface area is 238 Å². The van der Waals surface area contributed by atoms with Gasteiger partial charge in [-0.05, 0) is 48.5 Å². The lowest BCUT2D eigenvalue weighted by atomic mass is 9.95. The standard InChI is InChI=1S/C27H25N3O11S/c1-42(39,40)30-15-7-5-13(6-8-15)25(35)29-17-11-28-12-21(17)41-27(38)14-9-19(32)23(20(33)10-14)24(34)22-16(26(36)37)3-2-4-18(22)31/h2-10,17,21,28,30-33H,11-12H2,1H3,(H,29,35)(H,36,37)/t17-,21-/m0/s1. The summed E-state index contributed by atoms with van der Waals surface area (Å²) in [4.78, 5) is 50.1. The second-order valence-corrected chi connectivity index (χ2v) is 11.1. The van der Waals surface area contributed by atoms with Gasteiger partial charge in [0.1, 0.15) is 28.9 Å². The molecule has 2 atom stereocenters. The number of esters is 1. The van der Waals surface area contributed by atoms with Crippen LogP contribution in [0.3, 0.4) is 0 Å². The Balaban J connectivity index is 1.47. The average molecular weight is 600 g/mol. The van der Waals surface area contributed by atoms with Gasteiger partial charge in [-0.15, -0.1) is 0 Å². The number of ketones is 1. The average Bonchev–Trinajstić information content (AvgIpc) is 3.33. The predicted octanol–water partition coefficient (Wildman–Crippen LogP) is 1.03. The summed E-state index contributed by atoms with van der Waals surface area (Å²) < 4.78 is 30.5. The van der Waals surface area contributed by atoms with Gasteiger partial charge in [-0.1, -0.05) is 6.07 Å². The van der Waals surface area contributed by atoms with E-state index in [1.165, 1.54) is 30.3 Å². The number of carbonyl (C=O) groups is 4. The van der Waals surface area contributed by atoms with Gasteiger partial charge in [0.25, 0.3) is 5.91 Å². The Hall–Kier alpha value is -5.15. The number of hydrogen-bond donors (Lipinski definition) is 7. The van der Waals surface area contributed by atoms with Crippen LogP contribution in [0.1, 0.15) is 47.0 Å². The third-order valence-electron chi connectivity index (χ3n) is 6.24. The van der Waals surface area contributed by atoms with Gasteiger partial charge < -0.3 is 35.8 Å². The number of aromatic hydroxyl groups is 3. The van der Waals surface area contributed by atoms with Crippen LogP contribution in [0.2, 0.25) is 0 Å². The van der Waals surface area contributed by atoms with Crippen LogP contribution in [0.15, 0.2) is 54.6 Å². The van der Waals surface area contributed by atoms with Crippen LogP contribution >= 0.6 is 0 Å². The maximum Gasteiger partial charge on any atom is 0.338 e. The van der Waals surface area contributed by atoms with Crippen molar-refractivity contribution in [3.63, 3.8) is 0 Å². The number of carbonyl (C=O) groups excluding carboxylic acids is 3. The van der Waals surface area contributed by atoms with Crippen molar-refractivity contribution in [3.05, 3.63) is 82.4 Å². The molecular weight excluding hydrogens is 574 g/mol. The molecule has 0 radical (unpaired) electrons. The fourth-order valence-corrected chi connectivity index (χ4v) is 4.89. The summed E-state index contributed by atoms with van der Waals surface area (Å²) in [6, 6.07) is 10.00. The summed E-state index contributed by atoms with van der Waals surface area (Å²) in [5.74, 6) is -6.66. The molecule has 0 saturated carbocycles. The maximum atomic E-state index is 13.0. The molecule has 14 nitrogen and oxygen atoms in total. The van der Waals surface area contributed by atoms with Crippen LogP contribution in [-0.4, -0.2) is 84.0 Å². The molecule has 4 rings (SSSR count). The Morgan fingerprint density at radius 3 is 2.12 bits per heavy atom. The zero-order chi connectivity index (χ0) is 30.8. The largest absolute Gasteiger partial charge is 0.507 e. The summed E-state index contributed by atoms with van der Waals surface area (Å²) >= 11 is 0. The molecule has 0 unspecified atom stereocenters. The molecule has 0 bridgehead atoms. The Morgan fingerprint density at radius 1 is 0.881 bits per heavy atom. The zero-order valence-electron chi connectivity index (χ0n) is 21.8. The molecule has 220 valence electrons. The van der Waals surface area contributed by atoms with Gasteiger partial charge in [-0.2, -0.15) is 0 Å². The Morgan fingerprint density at radius 2 is 1.52 bits per heavy atom. The second kappa shape index (κ2) is 11.8. The lowest BCUT2D eigenvalue weighted by Gasteiger charge is -2.21. The van der Waals surface area contributed by atoms with Gasteiger partial charge in [-0.3, -0.25) is 14.3 Å². The molecule has 1 amide bonds. The fourth-order valence-electron chi connectivity index (χ4n) is 4.33. The molecule has 1 heterocycles. The summed E-state index contributed by atoms with van der Waals surface area (Å²) in [5.41, 5.74) is -1.82. The van der Waals surface area contributed by atoms with Crippen LogP contribution in [0.25, 0.3) is 0 Å². The van der Waals surface area contributed by atoms with Crippen molar-refractivity contribution in [3.8, 4) is 17.2 Å². The predicted molar refractivity (Wildman–Crippen MR) is 147 cm³/mol. The van der Waals surface area contributed by atoms with E-state index >= 15 is 0 Å². The van der Waals surface area contributed by atoms with Crippen molar-refractivity contribution in [1.29, 1.82) is 0 Å². The molecule has 1 saturated heterocycles. The van der Waals surface area contributed by atoms with E-state index < -0.39 is 79.7 Å². The minimum absolute atomic E-state index is 0.160. The highest BCUT2D eigenvalue weighted by Gasteiger charge is 2.33. The molecule has 15 heteroatoms. The highest BCUT2D eigenvalue weighted by molar-refractivity contribution is 7.92. The van der Waals surface area contributed by atoms with E-state index in [1.807, 2.05) is 0 Å². The molecule has 42 heavy (non-hydrogen) atoms. The van der Waals surface area contributed by atoms with Gasteiger partial charge in [0, 0.05) is 24.3 Å². The molecule has 1 fully saturated rings. The number of carboxylic acids is 1. The highest BCUT2D eigenvalue weighted by atomic mass is 32.2. The van der Waals surface area contributed by atoms with Crippen LogP contribution in [-0.2, 0) is 14.8 Å².